The van der Waals surface area contributed by atoms with E-state index in [-0.39, 0.29) is 0 Å². The minimum atomic E-state index is -0.906. The van der Waals surface area contributed by atoms with E-state index in [1.807, 2.05) is 19.9 Å². The van der Waals surface area contributed by atoms with Crippen LogP contribution in [-0.2, 0) is 10.4 Å². The average Bonchev–Trinajstić information content (AvgIpc) is 2.29. The summed E-state index contributed by atoms with van der Waals surface area (Å²) in [5.41, 5.74) is 0.286. The van der Waals surface area contributed by atoms with Crippen molar-refractivity contribution in [3.8, 4) is 0 Å². The number of nitrogens with zero attached hydrogens (tertiary/aromatic N) is 1. The molecule has 1 aromatic rings. The van der Waals surface area contributed by atoms with Gasteiger partial charge in [-0.1, -0.05) is 32.0 Å². The summed E-state index contributed by atoms with van der Waals surface area (Å²) in [7, 11) is 0. The number of rotatable bonds is 4. The first-order chi connectivity index (χ1) is 7.18. The number of benzene rings is 1. The van der Waals surface area contributed by atoms with Crippen molar-refractivity contribution >= 4 is 11.8 Å². The maximum absolute atomic E-state index is 10.3. The van der Waals surface area contributed by atoms with Gasteiger partial charge in [-0.25, -0.2) is 4.79 Å². The molecular formula is C12H15NO2. The van der Waals surface area contributed by atoms with Crippen molar-refractivity contribution in [2.75, 3.05) is 0 Å². The summed E-state index contributed by atoms with van der Waals surface area (Å²) < 4.78 is 0. The van der Waals surface area contributed by atoms with Gasteiger partial charge in [0.05, 0.1) is 11.3 Å². The molecule has 0 heterocycles. The second-order valence-electron chi connectivity index (χ2n) is 3.46. The second kappa shape index (κ2) is 4.87. The smallest absolute Gasteiger partial charge is 0.240 e. The third-order valence-electron chi connectivity index (χ3n) is 2.74. The van der Waals surface area contributed by atoms with E-state index in [2.05, 4.69) is 4.99 Å². The molecule has 0 radical (unpaired) electrons. The normalized spacial score (nSPS) is 10.9. The molecule has 3 heteroatoms. The van der Waals surface area contributed by atoms with Gasteiger partial charge in [-0.2, -0.15) is 4.99 Å². The van der Waals surface area contributed by atoms with Gasteiger partial charge in [0.15, 0.2) is 0 Å². The van der Waals surface area contributed by atoms with Crippen LogP contribution in [0.5, 0.6) is 0 Å². The SMILES string of the molecule is CCC(O)(CC)c1ccccc1N=C=O. The lowest BCUT2D eigenvalue weighted by Crippen LogP contribution is -2.23. The standard InChI is InChI=1S/C12H15NO2/c1-3-12(15,4-2)10-7-5-6-8-11(10)13-9-14/h5-8,15H,3-4H2,1-2H3. The highest BCUT2D eigenvalue weighted by molar-refractivity contribution is 5.55. The van der Waals surface area contributed by atoms with Crippen LogP contribution in [0.1, 0.15) is 32.3 Å². The number of para-hydroxylation sites is 1. The van der Waals surface area contributed by atoms with Crippen LogP contribution in [-0.4, -0.2) is 11.2 Å². The van der Waals surface area contributed by atoms with Crippen LogP contribution in [0.15, 0.2) is 29.3 Å². The molecule has 0 fully saturated rings. The quantitative estimate of drug-likeness (QED) is 0.606. The van der Waals surface area contributed by atoms with Crippen molar-refractivity contribution in [2.45, 2.75) is 32.3 Å². The predicted octanol–water partition coefficient (Wildman–Crippen LogP) is 2.66. The largest absolute Gasteiger partial charge is 0.385 e. The molecule has 0 bridgehead atoms. The molecule has 0 spiro atoms. The molecule has 0 atom stereocenters. The molecule has 0 aliphatic rings. The van der Waals surface area contributed by atoms with Crippen LogP contribution >= 0.6 is 0 Å². The summed E-state index contributed by atoms with van der Waals surface area (Å²) in [5, 5.41) is 10.3. The van der Waals surface area contributed by atoms with Crippen LogP contribution in [0.25, 0.3) is 0 Å². The first-order valence-corrected chi connectivity index (χ1v) is 5.07. The van der Waals surface area contributed by atoms with Crippen molar-refractivity contribution < 1.29 is 9.90 Å². The second-order valence-corrected chi connectivity index (χ2v) is 3.46. The molecule has 0 amide bonds. The fraction of sp³-hybridized carbons (Fsp3) is 0.417. The fourth-order valence-electron chi connectivity index (χ4n) is 1.64. The summed E-state index contributed by atoms with van der Waals surface area (Å²) >= 11 is 0. The van der Waals surface area contributed by atoms with E-state index in [0.29, 0.717) is 24.1 Å². The molecule has 0 aliphatic heterocycles. The summed E-state index contributed by atoms with van der Waals surface area (Å²) in [5.74, 6) is 0. The van der Waals surface area contributed by atoms with Crippen LogP contribution < -0.4 is 0 Å². The highest BCUT2D eigenvalue weighted by atomic mass is 16.3. The molecule has 0 aromatic heterocycles. The first-order valence-electron chi connectivity index (χ1n) is 5.07. The molecule has 0 saturated heterocycles. The maximum Gasteiger partial charge on any atom is 0.240 e. The number of hydrogen-bond acceptors (Lipinski definition) is 3. The monoisotopic (exact) mass is 205 g/mol. The van der Waals surface area contributed by atoms with Crippen molar-refractivity contribution in [3.63, 3.8) is 0 Å². The zero-order chi connectivity index (χ0) is 11.3. The van der Waals surface area contributed by atoms with Gasteiger partial charge in [-0.3, -0.25) is 0 Å². The molecular weight excluding hydrogens is 190 g/mol. The van der Waals surface area contributed by atoms with E-state index in [0.717, 1.165) is 0 Å². The summed E-state index contributed by atoms with van der Waals surface area (Å²) in [6, 6.07) is 7.11. The Morgan fingerprint density at radius 2 is 1.93 bits per heavy atom. The number of aliphatic hydroxyl groups is 1. The minimum absolute atomic E-state index is 0.499. The van der Waals surface area contributed by atoms with Crippen LogP contribution in [0, 0.1) is 0 Å². The Labute approximate surface area is 89.5 Å². The Kier molecular flexibility index (Phi) is 3.78. The third-order valence-corrected chi connectivity index (χ3v) is 2.74. The molecule has 1 rings (SSSR count). The van der Waals surface area contributed by atoms with Gasteiger partial charge in [-0.05, 0) is 18.9 Å². The average molecular weight is 205 g/mol. The van der Waals surface area contributed by atoms with Gasteiger partial charge in [0.25, 0.3) is 0 Å². The lowest BCUT2D eigenvalue weighted by atomic mass is 9.87. The molecule has 0 aliphatic carbocycles. The summed E-state index contributed by atoms with van der Waals surface area (Å²) in [6.07, 6.45) is 2.69. The molecule has 1 N–H and O–H groups in total. The van der Waals surface area contributed by atoms with Gasteiger partial charge in [0.1, 0.15) is 0 Å². The molecule has 1 aromatic carbocycles. The Balaban J connectivity index is 3.28. The lowest BCUT2D eigenvalue weighted by molar-refractivity contribution is 0.0290. The molecule has 0 unspecified atom stereocenters. The van der Waals surface area contributed by atoms with Gasteiger partial charge >= 0.3 is 0 Å². The van der Waals surface area contributed by atoms with Gasteiger partial charge in [-0.15, -0.1) is 0 Å². The van der Waals surface area contributed by atoms with Crippen LogP contribution in [0.2, 0.25) is 0 Å². The topological polar surface area (TPSA) is 49.7 Å². The van der Waals surface area contributed by atoms with E-state index in [9.17, 15) is 9.90 Å². The summed E-state index contributed by atoms with van der Waals surface area (Å²) in [6.45, 7) is 3.82. The molecule has 3 nitrogen and oxygen atoms in total. The van der Waals surface area contributed by atoms with E-state index in [1.165, 1.54) is 6.08 Å². The number of isocyanates is 1. The minimum Gasteiger partial charge on any atom is -0.385 e. The zero-order valence-electron chi connectivity index (χ0n) is 9.03. The zero-order valence-corrected chi connectivity index (χ0v) is 9.03. The van der Waals surface area contributed by atoms with E-state index in [1.54, 1.807) is 18.2 Å². The highest BCUT2D eigenvalue weighted by Crippen LogP contribution is 2.34. The van der Waals surface area contributed by atoms with Crippen molar-refractivity contribution in [1.82, 2.24) is 0 Å². The Bertz CT molecular complexity index is 377. The number of hydrogen-bond donors (Lipinski definition) is 1. The summed E-state index contributed by atoms with van der Waals surface area (Å²) in [4.78, 5) is 13.9. The predicted molar refractivity (Wildman–Crippen MR) is 58.7 cm³/mol. The highest BCUT2D eigenvalue weighted by Gasteiger charge is 2.27. The van der Waals surface area contributed by atoms with Crippen LogP contribution in [0.4, 0.5) is 5.69 Å². The third kappa shape index (κ3) is 2.32. The van der Waals surface area contributed by atoms with E-state index >= 15 is 0 Å². The van der Waals surface area contributed by atoms with Gasteiger partial charge in [0.2, 0.25) is 6.08 Å². The Morgan fingerprint density at radius 1 is 1.33 bits per heavy atom. The van der Waals surface area contributed by atoms with E-state index < -0.39 is 5.60 Å². The van der Waals surface area contributed by atoms with Crippen molar-refractivity contribution in [3.05, 3.63) is 29.8 Å². The van der Waals surface area contributed by atoms with E-state index in [4.69, 9.17) is 0 Å². The van der Waals surface area contributed by atoms with Crippen molar-refractivity contribution in [1.29, 1.82) is 0 Å². The fourth-order valence-corrected chi connectivity index (χ4v) is 1.64. The van der Waals surface area contributed by atoms with Gasteiger partial charge < -0.3 is 5.11 Å². The van der Waals surface area contributed by atoms with Crippen LogP contribution in [0.3, 0.4) is 0 Å². The first kappa shape index (κ1) is 11.6. The maximum atomic E-state index is 10.3. The number of carbonyl (C=O) groups excluding carboxylic acids is 1. The van der Waals surface area contributed by atoms with Crippen molar-refractivity contribution in [2.24, 2.45) is 4.99 Å². The van der Waals surface area contributed by atoms with Gasteiger partial charge in [0, 0.05) is 5.56 Å². The number of aliphatic imine (C=N–C) groups is 1. The molecule has 80 valence electrons. The molecule has 0 saturated carbocycles. The Morgan fingerprint density at radius 3 is 2.47 bits per heavy atom. The Hall–Kier alpha value is -1.44. The lowest BCUT2D eigenvalue weighted by Gasteiger charge is -2.26. The molecule has 15 heavy (non-hydrogen) atoms.